The largest absolute Gasteiger partial charge is 0.294 e. The lowest BCUT2D eigenvalue weighted by Crippen LogP contribution is -2.23. The number of Topliss-reactive ketones (excluding diaryl/α,β-unsaturated/α-hetero) is 1. The van der Waals surface area contributed by atoms with Crippen molar-refractivity contribution in [2.75, 3.05) is 0 Å². The Morgan fingerprint density at radius 1 is 1.47 bits per heavy atom. The van der Waals surface area contributed by atoms with Crippen LogP contribution in [0.5, 0.6) is 0 Å². The van der Waals surface area contributed by atoms with Gasteiger partial charge < -0.3 is 0 Å². The molecule has 4 heteroatoms. The van der Waals surface area contributed by atoms with Crippen molar-refractivity contribution in [3.63, 3.8) is 0 Å². The maximum absolute atomic E-state index is 12.0. The first-order valence-electron chi connectivity index (χ1n) is 4.74. The summed E-state index contributed by atoms with van der Waals surface area (Å²) < 4.78 is 0. The third-order valence-corrected chi connectivity index (χ3v) is 3.24. The zero-order valence-corrected chi connectivity index (χ0v) is 10.5. The highest BCUT2D eigenvalue weighted by atomic mass is 35.5. The second kappa shape index (κ2) is 4.50. The molecule has 0 aliphatic carbocycles. The number of carbonyl (C=O) groups is 1. The summed E-state index contributed by atoms with van der Waals surface area (Å²) in [6.07, 6.45) is 2.24. The van der Waals surface area contributed by atoms with Gasteiger partial charge >= 0.3 is 0 Å². The van der Waals surface area contributed by atoms with Gasteiger partial charge in [-0.1, -0.05) is 44.0 Å². The predicted molar refractivity (Wildman–Crippen MR) is 62.7 cm³/mol. The molecule has 1 rings (SSSR count). The third kappa shape index (κ3) is 2.70. The van der Waals surface area contributed by atoms with Crippen LogP contribution in [-0.4, -0.2) is 10.8 Å². The first kappa shape index (κ1) is 12.5. The van der Waals surface area contributed by atoms with Gasteiger partial charge in [-0.2, -0.15) is 0 Å². The summed E-state index contributed by atoms with van der Waals surface area (Å²) in [7, 11) is 0. The van der Waals surface area contributed by atoms with Gasteiger partial charge in [-0.15, -0.1) is 0 Å². The van der Waals surface area contributed by atoms with Crippen molar-refractivity contribution >= 4 is 29.0 Å². The minimum Gasteiger partial charge on any atom is -0.294 e. The van der Waals surface area contributed by atoms with Crippen LogP contribution >= 0.6 is 23.2 Å². The van der Waals surface area contributed by atoms with E-state index in [1.54, 1.807) is 6.07 Å². The Bertz CT molecular complexity index is 388. The van der Waals surface area contributed by atoms with E-state index in [-0.39, 0.29) is 10.9 Å². The molecule has 0 saturated carbocycles. The zero-order chi connectivity index (χ0) is 11.6. The van der Waals surface area contributed by atoms with E-state index in [1.807, 2.05) is 20.8 Å². The summed E-state index contributed by atoms with van der Waals surface area (Å²) >= 11 is 11.5. The second-order valence-electron chi connectivity index (χ2n) is 4.06. The van der Waals surface area contributed by atoms with Gasteiger partial charge in [0.15, 0.2) is 5.78 Å². The molecule has 0 aliphatic heterocycles. The van der Waals surface area contributed by atoms with E-state index in [9.17, 15) is 4.79 Å². The molecule has 0 aromatic carbocycles. The highest BCUT2D eigenvalue weighted by Crippen LogP contribution is 2.28. The molecular weight excluding hydrogens is 233 g/mol. The van der Waals surface area contributed by atoms with E-state index in [0.29, 0.717) is 10.6 Å². The van der Waals surface area contributed by atoms with Gasteiger partial charge in [-0.3, -0.25) is 4.79 Å². The van der Waals surface area contributed by atoms with Gasteiger partial charge in [-0.25, -0.2) is 4.98 Å². The number of rotatable bonds is 3. The van der Waals surface area contributed by atoms with Gasteiger partial charge in [0, 0.05) is 17.2 Å². The van der Waals surface area contributed by atoms with Gasteiger partial charge in [-0.05, 0) is 12.5 Å². The topological polar surface area (TPSA) is 30.0 Å². The number of halogens is 2. The molecule has 0 amide bonds. The van der Waals surface area contributed by atoms with Crippen molar-refractivity contribution in [3.8, 4) is 0 Å². The molecule has 0 spiro atoms. The van der Waals surface area contributed by atoms with Crippen LogP contribution < -0.4 is 0 Å². The molecule has 1 aromatic rings. The average molecular weight is 246 g/mol. The van der Waals surface area contributed by atoms with Crippen molar-refractivity contribution in [2.24, 2.45) is 5.41 Å². The third-order valence-electron chi connectivity index (χ3n) is 2.56. The molecule has 0 fully saturated rings. The maximum Gasteiger partial charge on any atom is 0.170 e. The highest BCUT2D eigenvalue weighted by Gasteiger charge is 2.27. The van der Waals surface area contributed by atoms with Crippen LogP contribution in [-0.2, 0) is 0 Å². The average Bonchev–Trinajstić information content (AvgIpc) is 2.21. The second-order valence-corrected chi connectivity index (χ2v) is 4.83. The molecule has 82 valence electrons. The molecule has 0 bridgehead atoms. The Labute approximate surface area is 99.6 Å². The SMILES string of the molecule is CCC(C)(C)C(=O)c1cnc(Cl)c(Cl)c1. The van der Waals surface area contributed by atoms with Crippen molar-refractivity contribution in [3.05, 3.63) is 28.0 Å². The Morgan fingerprint density at radius 2 is 2.07 bits per heavy atom. The van der Waals surface area contributed by atoms with Gasteiger partial charge in [0.1, 0.15) is 5.15 Å². The van der Waals surface area contributed by atoms with E-state index < -0.39 is 5.41 Å². The zero-order valence-electron chi connectivity index (χ0n) is 8.97. The fraction of sp³-hybridized carbons (Fsp3) is 0.455. The van der Waals surface area contributed by atoms with Crippen molar-refractivity contribution in [2.45, 2.75) is 27.2 Å². The lowest BCUT2D eigenvalue weighted by molar-refractivity contribution is 0.0832. The molecule has 15 heavy (non-hydrogen) atoms. The first-order chi connectivity index (χ1) is 6.88. The van der Waals surface area contributed by atoms with Crippen molar-refractivity contribution in [1.82, 2.24) is 4.98 Å². The summed E-state index contributed by atoms with van der Waals surface area (Å²) in [6, 6.07) is 1.57. The number of nitrogens with zero attached hydrogens (tertiary/aromatic N) is 1. The Hall–Kier alpha value is -0.600. The van der Waals surface area contributed by atoms with E-state index in [4.69, 9.17) is 23.2 Å². The van der Waals surface area contributed by atoms with Crippen LogP contribution in [0.25, 0.3) is 0 Å². The summed E-state index contributed by atoms with van der Waals surface area (Å²) in [5, 5.41) is 0.539. The van der Waals surface area contributed by atoms with E-state index in [2.05, 4.69) is 4.98 Å². The van der Waals surface area contributed by atoms with Crippen molar-refractivity contribution in [1.29, 1.82) is 0 Å². The van der Waals surface area contributed by atoms with Crippen LogP contribution in [0.15, 0.2) is 12.3 Å². The minimum atomic E-state index is -0.390. The number of aromatic nitrogens is 1. The molecule has 0 radical (unpaired) electrons. The number of carbonyl (C=O) groups excluding carboxylic acids is 1. The standard InChI is InChI=1S/C11H13Cl2NO/c1-4-11(2,3)9(15)7-5-8(12)10(13)14-6-7/h5-6H,4H2,1-3H3. The monoisotopic (exact) mass is 245 g/mol. The number of pyridine rings is 1. The molecule has 0 unspecified atom stereocenters. The quantitative estimate of drug-likeness (QED) is 0.595. The van der Waals surface area contributed by atoms with Crippen LogP contribution in [0.1, 0.15) is 37.6 Å². The predicted octanol–water partition coefficient (Wildman–Crippen LogP) is 4.01. The molecule has 1 heterocycles. The molecule has 0 saturated heterocycles. The smallest absolute Gasteiger partial charge is 0.170 e. The molecule has 0 N–H and O–H groups in total. The normalized spacial score (nSPS) is 11.5. The molecular formula is C11H13Cl2NO. The summed E-state index contributed by atoms with van der Waals surface area (Å²) in [5.41, 5.74) is 0.120. The minimum absolute atomic E-state index is 0.0380. The number of ketones is 1. The molecule has 0 atom stereocenters. The Balaban J connectivity index is 3.08. The van der Waals surface area contributed by atoms with Crippen LogP contribution in [0.4, 0.5) is 0 Å². The lowest BCUT2D eigenvalue weighted by Gasteiger charge is -2.20. The van der Waals surface area contributed by atoms with Gasteiger partial charge in [0.05, 0.1) is 5.02 Å². The fourth-order valence-corrected chi connectivity index (χ4v) is 1.37. The maximum atomic E-state index is 12.0. The summed E-state index contributed by atoms with van der Waals surface area (Å²) in [4.78, 5) is 15.9. The van der Waals surface area contributed by atoms with E-state index in [0.717, 1.165) is 6.42 Å². The molecule has 1 aromatic heterocycles. The fourth-order valence-electron chi connectivity index (χ4n) is 1.10. The van der Waals surface area contributed by atoms with Crippen LogP contribution in [0.2, 0.25) is 10.2 Å². The van der Waals surface area contributed by atoms with Crippen molar-refractivity contribution < 1.29 is 4.79 Å². The highest BCUT2D eigenvalue weighted by molar-refractivity contribution is 6.41. The Morgan fingerprint density at radius 3 is 2.53 bits per heavy atom. The number of hydrogen-bond donors (Lipinski definition) is 0. The molecule has 0 aliphatic rings. The van der Waals surface area contributed by atoms with Gasteiger partial charge in [0.2, 0.25) is 0 Å². The Kier molecular flexibility index (Phi) is 3.74. The van der Waals surface area contributed by atoms with E-state index >= 15 is 0 Å². The first-order valence-corrected chi connectivity index (χ1v) is 5.50. The van der Waals surface area contributed by atoms with E-state index in [1.165, 1.54) is 6.20 Å². The van der Waals surface area contributed by atoms with Crippen LogP contribution in [0, 0.1) is 5.41 Å². The summed E-state index contributed by atoms with van der Waals surface area (Å²) in [6.45, 7) is 5.78. The summed E-state index contributed by atoms with van der Waals surface area (Å²) in [5.74, 6) is 0.0380. The number of hydrogen-bond acceptors (Lipinski definition) is 2. The van der Waals surface area contributed by atoms with Gasteiger partial charge in [0.25, 0.3) is 0 Å². The van der Waals surface area contributed by atoms with Crippen LogP contribution in [0.3, 0.4) is 0 Å². The molecule has 2 nitrogen and oxygen atoms in total. The lowest BCUT2D eigenvalue weighted by atomic mass is 9.82.